The van der Waals surface area contributed by atoms with Gasteiger partial charge in [0, 0.05) is 11.1 Å². The average molecular weight is 444 g/mol. The molecule has 1 unspecified atom stereocenters. The largest absolute Gasteiger partial charge is 0.497 e. The predicted molar refractivity (Wildman–Crippen MR) is 129 cm³/mol. The Morgan fingerprint density at radius 3 is 2.12 bits per heavy atom. The van der Waals surface area contributed by atoms with Gasteiger partial charge in [-0.25, -0.2) is 4.98 Å². The van der Waals surface area contributed by atoms with E-state index in [1.165, 1.54) is 0 Å². The van der Waals surface area contributed by atoms with Crippen LogP contribution in [0, 0.1) is 5.92 Å². The molecule has 0 saturated carbocycles. The number of aliphatic hydroxyl groups excluding tert-OH is 1. The molecule has 0 aliphatic heterocycles. The van der Waals surface area contributed by atoms with Crippen molar-refractivity contribution in [2.75, 3.05) is 7.11 Å². The number of nitrogens with zero attached hydrogens (tertiary/aromatic N) is 1. The molecule has 4 rings (SSSR count). The number of hydrogen-bond donors (Lipinski definition) is 1. The second-order valence-electron chi connectivity index (χ2n) is 8.40. The quantitative estimate of drug-likeness (QED) is 0.313. The summed E-state index contributed by atoms with van der Waals surface area (Å²) in [5.41, 5.74) is 3.56. The van der Waals surface area contributed by atoms with E-state index in [0.29, 0.717) is 36.3 Å². The van der Waals surface area contributed by atoms with Gasteiger partial charge in [0.05, 0.1) is 7.11 Å². The number of aliphatic hydroxyl groups is 1. The highest BCUT2D eigenvalue weighted by Crippen LogP contribution is 2.36. The fourth-order valence-corrected chi connectivity index (χ4v) is 3.61. The minimum Gasteiger partial charge on any atom is -0.497 e. The lowest BCUT2D eigenvalue weighted by atomic mass is 10.1. The van der Waals surface area contributed by atoms with Crippen molar-refractivity contribution >= 4 is 0 Å². The van der Waals surface area contributed by atoms with E-state index in [0.717, 1.165) is 28.2 Å². The lowest BCUT2D eigenvalue weighted by molar-refractivity contribution is 0.121. The molecule has 5 heteroatoms. The zero-order chi connectivity index (χ0) is 23.2. The molecule has 1 heterocycles. The zero-order valence-corrected chi connectivity index (χ0v) is 19.2. The third-order valence-corrected chi connectivity index (χ3v) is 5.35. The van der Waals surface area contributed by atoms with E-state index < -0.39 is 6.10 Å². The van der Waals surface area contributed by atoms with Crippen molar-refractivity contribution in [3.05, 3.63) is 90.3 Å². The van der Waals surface area contributed by atoms with Gasteiger partial charge >= 0.3 is 0 Å². The molecular formula is C28H29NO4. The number of ether oxygens (including phenoxy) is 2. The van der Waals surface area contributed by atoms with Crippen LogP contribution in [0.2, 0.25) is 0 Å². The Morgan fingerprint density at radius 1 is 0.848 bits per heavy atom. The highest BCUT2D eigenvalue weighted by molar-refractivity contribution is 5.77. The summed E-state index contributed by atoms with van der Waals surface area (Å²) in [6, 6.07) is 25.5. The molecular weight excluding hydrogens is 414 g/mol. The van der Waals surface area contributed by atoms with Crippen molar-refractivity contribution in [1.82, 2.24) is 4.98 Å². The van der Waals surface area contributed by atoms with Crippen LogP contribution in [0.25, 0.3) is 22.6 Å². The molecule has 33 heavy (non-hydrogen) atoms. The maximum absolute atomic E-state index is 10.6. The lowest BCUT2D eigenvalue weighted by Crippen LogP contribution is -2.02. The molecule has 0 spiro atoms. The van der Waals surface area contributed by atoms with Crippen molar-refractivity contribution in [1.29, 1.82) is 0 Å². The van der Waals surface area contributed by atoms with E-state index in [1.54, 1.807) is 7.11 Å². The first kappa shape index (κ1) is 22.6. The van der Waals surface area contributed by atoms with E-state index in [2.05, 4.69) is 18.8 Å². The summed E-state index contributed by atoms with van der Waals surface area (Å²) in [6.07, 6.45) is -0.182. The Labute approximate surface area is 194 Å². The highest BCUT2D eigenvalue weighted by Gasteiger charge is 2.22. The van der Waals surface area contributed by atoms with E-state index in [4.69, 9.17) is 13.9 Å². The molecule has 0 saturated heterocycles. The third-order valence-electron chi connectivity index (χ3n) is 5.35. The first-order valence-corrected chi connectivity index (χ1v) is 11.1. The number of oxazole rings is 1. The monoisotopic (exact) mass is 443 g/mol. The zero-order valence-electron chi connectivity index (χ0n) is 19.2. The van der Waals surface area contributed by atoms with Crippen molar-refractivity contribution in [2.24, 2.45) is 5.92 Å². The van der Waals surface area contributed by atoms with Gasteiger partial charge in [0.1, 0.15) is 29.9 Å². The minimum absolute atomic E-state index is 0.320. The van der Waals surface area contributed by atoms with Gasteiger partial charge in [0.25, 0.3) is 0 Å². The molecule has 0 radical (unpaired) electrons. The molecule has 1 aromatic heterocycles. The van der Waals surface area contributed by atoms with Crippen LogP contribution in [0.1, 0.15) is 37.8 Å². The van der Waals surface area contributed by atoms with Crippen LogP contribution in [-0.2, 0) is 6.61 Å². The average Bonchev–Trinajstić information content (AvgIpc) is 3.29. The fraction of sp³-hybridized carbons (Fsp3) is 0.250. The van der Waals surface area contributed by atoms with Gasteiger partial charge in [0.2, 0.25) is 5.89 Å². The topological polar surface area (TPSA) is 64.7 Å². The second-order valence-corrected chi connectivity index (χ2v) is 8.40. The maximum Gasteiger partial charge on any atom is 0.224 e. The number of aromatic nitrogens is 1. The number of hydrogen-bond acceptors (Lipinski definition) is 5. The highest BCUT2D eigenvalue weighted by atomic mass is 16.5. The summed E-state index contributed by atoms with van der Waals surface area (Å²) < 4.78 is 17.3. The first-order chi connectivity index (χ1) is 16.0. The van der Waals surface area contributed by atoms with E-state index >= 15 is 0 Å². The summed E-state index contributed by atoms with van der Waals surface area (Å²) in [6.45, 7) is 4.63. The van der Waals surface area contributed by atoms with Crippen LogP contribution in [-0.4, -0.2) is 17.2 Å². The smallest absolute Gasteiger partial charge is 0.224 e. The Morgan fingerprint density at radius 2 is 1.48 bits per heavy atom. The molecule has 0 bridgehead atoms. The van der Waals surface area contributed by atoms with Crippen LogP contribution in [0.15, 0.2) is 83.3 Å². The van der Waals surface area contributed by atoms with Crippen molar-refractivity contribution in [3.8, 4) is 34.1 Å². The van der Waals surface area contributed by atoms with Gasteiger partial charge in [-0.2, -0.15) is 0 Å². The van der Waals surface area contributed by atoms with Crippen LogP contribution < -0.4 is 9.47 Å². The van der Waals surface area contributed by atoms with Crippen LogP contribution in [0.5, 0.6) is 11.5 Å². The van der Waals surface area contributed by atoms with Crippen LogP contribution in [0.4, 0.5) is 0 Å². The molecule has 0 aliphatic carbocycles. The van der Waals surface area contributed by atoms with Gasteiger partial charge < -0.3 is 19.0 Å². The first-order valence-electron chi connectivity index (χ1n) is 11.1. The minimum atomic E-state index is -0.760. The van der Waals surface area contributed by atoms with Crippen LogP contribution in [0.3, 0.4) is 0 Å². The maximum atomic E-state index is 10.6. The van der Waals surface area contributed by atoms with Crippen molar-refractivity contribution in [2.45, 2.75) is 33.0 Å². The molecule has 1 N–H and O–H groups in total. The van der Waals surface area contributed by atoms with Gasteiger partial charge in [0.15, 0.2) is 5.76 Å². The molecule has 0 fully saturated rings. The Bertz CT molecular complexity index is 1150. The molecule has 1 atom stereocenters. The predicted octanol–water partition coefficient (Wildman–Crippen LogP) is 6.68. The normalized spacial score (nSPS) is 12.0. The summed E-state index contributed by atoms with van der Waals surface area (Å²) in [7, 11) is 1.64. The Kier molecular flexibility index (Phi) is 7.10. The van der Waals surface area contributed by atoms with Gasteiger partial charge in [-0.15, -0.1) is 0 Å². The van der Waals surface area contributed by atoms with Gasteiger partial charge in [-0.1, -0.05) is 44.2 Å². The van der Waals surface area contributed by atoms with Crippen molar-refractivity contribution in [3.63, 3.8) is 0 Å². The van der Waals surface area contributed by atoms with E-state index in [9.17, 15) is 5.11 Å². The Hall–Kier alpha value is -3.57. The summed E-state index contributed by atoms with van der Waals surface area (Å²) in [4.78, 5) is 4.67. The molecule has 4 aromatic rings. The Balaban J connectivity index is 1.62. The number of methoxy groups -OCH3 is 1. The molecule has 0 aliphatic rings. The summed E-state index contributed by atoms with van der Waals surface area (Å²) >= 11 is 0. The number of benzene rings is 3. The number of rotatable bonds is 9. The second kappa shape index (κ2) is 10.4. The van der Waals surface area contributed by atoms with E-state index in [1.807, 2.05) is 78.9 Å². The van der Waals surface area contributed by atoms with Gasteiger partial charge in [-0.3, -0.25) is 0 Å². The molecule has 0 amide bonds. The third kappa shape index (κ3) is 5.62. The standard InChI is InChI=1S/C28H29NO4/c1-19(2)17-25(30)28-29-26(21-9-13-23(31-3)14-10-21)27(33-28)22-11-15-24(16-12-22)32-18-20-7-5-4-6-8-20/h4-16,19,25,30H,17-18H2,1-3H3. The van der Waals surface area contributed by atoms with Crippen LogP contribution >= 0.6 is 0 Å². The SMILES string of the molecule is COc1ccc(-c2nc(C(O)CC(C)C)oc2-c2ccc(OCc3ccccc3)cc2)cc1. The summed E-state index contributed by atoms with van der Waals surface area (Å²) in [5, 5.41) is 10.6. The molecule has 170 valence electrons. The van der Waals surface area contributed by atoms with E-state index in [-0.39, 0.29) is 0 Å². The molecule has 3 aromatic carbocycles. The van der Waals surface area contributed by atoms with Gasteiger partial charge in [-0.05, 0) is 66.4 Å². The lowest BCUT2D eigenvalue weighted by Gasteiger charge is -2.09. The van der Waals surface area contributed by atoms with Crippen molar-refractivity contribution < 1.29 is 19.0 Å². The fourth-order valence-electron chi connectivity index (χ4n) is 3.61. The molecule has 5 nitrogen and oxygen atoms in total. The summed E-state index contributed by atoms with van der Waals surface area (Å²) in [5.74, 6) is 2.80.